The normalized spacial score (nSPS) is 10.7. The Bertz CT molecular complexity index is 506. The van der Waals surface area contributed by atoms with E-state index in [1.54, 1.807) is 23.1 Å². The van der Waals surface area contributed by atoms with Gasteiger partial charge in [-0.05, 0) is 24.1 Å². The van der Waals surface area contributed by atoms with Crippen molar-refractivity contribution in [2.45, 2.75) is 20.3 Å². The van der Waals surface area contributed by atoms with Gasteiger partial charge in [0.2, 0.25) is 0 Å². The van der Waals surface area contributed by atoms with Crippen molar-refractivity contribution in [2.24, 2.45) is 11.7 Å². The van der Waals surface area contributed by atoms with Gasteiger partial charge in [-0.1, -0.05) is 49.3 Å². The molecule has 0 saturated heterocycles. The zero-order chi connectivity index (χ0) is 15.3. The average molecular weight is 333 g/mol. The van der Waals surface area contributed by atoms with Crippen molar-refractivity contribution in [1.82, 2.24) is 4.90 Å². The zero-order valence-corrected chi connectivity index (χ0v) is 13.9. The van der Waals surface area contributed by atoms with Crippen LogP contribution in [0, 0.1) is 5.92 Å². The van der Waals surface area contributed by atoms with Crippen molar-refractivity contribution in [3.05, 3.63) is 33.8 Å². The van der Waals surface area contributed by atoms with Crippen LogP contribution in [-0.4, -0.2) is 28.9 Å². The lowest BCUT2D eigenvalue weighted by Crippen LogP contribution is -2.36. The van der Waals surface area contributed by atoms with Gasteiger partial charge in [0.15, 0.2) is 0 Å². The molecule has 0 fully saturated rings. The Hall–Kier alpha value is -0.840. The fraction of sp³-hybridized carbons (Fsp3) is 0.429. The molecular weight excluding hydrogens is 315 g/mol. The molecule has 0 atom stereocenters. The van der Waals surface area contributed by atoms with Crippen LogP contribution in [0.4, 0.5) is 0 Å². The van der Waals surface area contributed by atoms with Gasteiger partial charge < -0.3 is 10.6 Å². The molecule has 0 aromatic heterocycles. The highest BCUT2D eigenvalue weighted by Gasteiger charge is 2.17. The summed E-state index contributed by atoms with van der Waals surface area (Å²) in [6.45, 7) is 5.25. The largest absolute Gasteiger partial charge is 0.393 e. The SMILES string of the molecule is CC(C)CN(CCC(N)=S)C(=O)c1ccc(Cl)c(Cl)c1. The third-order valence-corrected chi connectivity index (χ3v) is 3.61. The van der Waals surface area contributed by atoms with Crippen LogP contribution < -0.4 is 5.73 Å². The highest BCUT2D eigenvalue weighted by atomic mass is 35.5. The summed E-state index contributed by atoms with van der Waals surface area (Å²) in [5.74, 6) is 0.265. The number of nitrogens with zero attached hydrogens (tertiary/aromatic N) is 1. The molecule has 110 valence electrons. The molecule has 0 aliphatic carbocycles. The van der Waals surface area contributed by atoms with Crippen molar-refractivity contribution >= 4 is 46.3 Å². The average Bonchev–Trinajstić information content (AvgIpc) is 2.36. The molecular formula is C14H18Cl2N2OS. The molecule has 0 unspecified atom stereocenters. The lowest BCUT2D eigenvalue weighted by atomic mass is 10.1. The summed E-state index contributed by atoms with van der Waals surface area (Å²) in [6.07, 6.45) is 0.509. The topological polar surface area (TPSA) is 46.3 Å². The number of benzene rings is 1. The number of carbonyl (C=O) groups is 1. The van der Waals surface area contributed by atoms with E-state index in [1.165, 1.54) is 0 Å². The minimum Gasteiger partial charge on any atom is -0.393 e. The standard InChI is InChI=1S/C14H18Cl2N2OS/c1-9(2)8-18(6-5-13(17)20)14(19)10-3-4-11(15)12(16)7-10/h3-4,7,9H,5-6,8H2,1-2H3,(H2,17,20). The first-order valence-electron chi connectivity index (χ1n) is 6.34. The van der Waals surface area contributed by atoms with Crippen LogP contribution >= 0.6 is 35.4 Å². The Kier molecular flexibility index (Phi) is 6.72. The van der Waals surface area contributed by atoms with E-state index in [1.807, 2.05) is 0 Å². The van der Waals surface area contributed by atoms with Crippen molar-refractivity contribution in [3.8, 4) is 0 Å². The van der Waals surface area contributed by atoms with Gasteiger partial charge in [0.1, 0.15) is 0 Å². The van der Waals surface area contributed by atoms with Crippen LogP contribution in [0.5, 0.6) is 0 Å². The van der Waals surface area contributed by atoms with E-state index in [-0.39, 0.29) is 5.91 Å². The number of hydrogen-bond donors (Lipinski definition) is 1. The van der Waals surface area contributed by atoms with Crippen molar-refractivity contribution in [3.63, 3.8) is 0 Å². The van der Waals surface area contributed by atoms with E-state index in [0.717, 1.165) is 0 Å². The van der Waals surface area contributed by atoms with E-state index in [4.69, 9.17) is 41.2 Å². The van der Waals surface area contributed by atoms with Gasteiger partial charge in [0.25, 0.3) is 5.91 Å². The first-order chi connectivity index (χ1) is 9.31. The summed E-state index contributed by atoms with van der Waals surface area (Å²) < 4.78 is 0. The molecule has 1 aromatic rings. The van der Waals surface area contributed by atoms with E-state index in [0.29, 0.717) is 46.0 Å². The Labute approximate surface area is 135 Å². The van der Waals surface area contributed by atoms with Gasteiger partial charge in [-0.15, -0.1) is 0 Å². The summed E-state index contributed by atoms with van der Waals surface area (Å²) in [4.78, 5) is 14.6. The molecule has 0 aliphatic rings. The van der Waals surface area contributed by atoms with Gasteiger partial charge in [0, 0.05) is 25.1 Å². The molecule has 1 aromatic carbocycles. The Morgan fingerprint density at radius 2 is 2.00 bits per heavy atom. The highest BCUT2D eigenvalue weighted by Crippen LogP contribution is 2.23. The van der Waals surface area contributed by atoms with Crippen LogP contribution in [0.25, 0.3) is 0 Å². The van der Waals surface area contributed by atoms with E-state index < -0.39 is 0 Å². The first kappa shape index (κ1) is 17.2. The monoisotopic (exact) mass is 332 g/mol. The molecule has 0 aliphatic heterocycles. The van der Waals surface area contributed by atoms with Crippen molar-refractivity contribution in [2.75, 3.05) is 13.1 Å². The third-order valence-electron chi connectivity index (χ3n) is 2.67. The molecule has 1 amide bonds. The number of halogens is 2. The number of amides is 1. The van der Waals surface area contributed by atoms with Crippen molar-refractivity contribution in [1.29, 1.82) is 0 Å². The van der Waals surface area contributed by atoms with Crippen LogP contribution in [0.2, 0.25) is 10.0 Å². The predicted molar refractivity (Wildman–Crippen MR) is 88.6 cm³/mol. The molecule has 0 heterocycles. The maximum absolute atomic E-state index is 12.5. The second kappa shape index (κ2) is 7.81. The maximum atomic E-state index is 12.5. The molecule has 0 bridgehead atoms. The summed E-state index contributed by atoms with van der Waals surface area (Å²) in [5, 5.41) is 0.804. The zero-order valence-electron chi connectivity index (χ0n) is 11.5. The predicted octanol–water partition coefficient (Wildman–Crippen LogP) is 3.77. The lowest BCUT2D eigenvalue weighted by Gasteiger charge is -2.24. The first-order valence-corrected chi connectivity index (χ1v) is 7.50. The van der Waals surface area contributed by atoms with Crippen LogP contribution in [0.3, 0.4) is 0 Å². The molecule has 3 nitrogen and oxygen atoms in total. The van der Waals surface area contributed by atoms with Crippen LogP contribution in [0.15, 0.2) is 18.2 Å². The quantitative estimate of drug-likeness (QED) is 0.806. The third kappa shape index (κ3) is 5.27. The maximum Gasteiger partial charge on any atom is 0.253 e. The smallest absolute Gasteiger partial charge is 0.253 e. The highest BCUT2D eigenvalue weighted by molar-refractivity contribution is 7.80. The second-order valence-electron chi connectivity index (χ2n) is 4.99. The number of rotatable bonds is 6. The van der Waals surface area contributed by atoms with E-state index in [9.17, 15) is 4.79 Å². The van der Waals surface area contributed by atoms with Crippen LogP contribution in [0.1, 0.15) is 30.6 Å². The van der Waals surface area contributed by atoms with Gasteiger partial charge in [0.05, 0.1) is 15.0 Å². The molecule has 6 heteroatoms. The minimum absolute atomic E-state index is 0.0893. The van der Waals surface area contributed by atoms with Gasteiger partial charge in [-0.25, -0.2) is 0 Å². The second-order valence-corrected chi connectivity index (χ2v) is 6.33. The van der Waals surface area contributed by atoms with E-state index in [2.05, 4.69) is 13.8 Å². The van der Waals surface area contributed by atoms with Crippen molar-refractivity contribution < 1.29 is 4.79 Å². The number of nitrogens with two attached hydrogens (primary N) is 1. The Morgan fingerprint density at radius 3 is 2.50 bits per heavy atom. The number of hydrogen-bond acceptors (Lipinski definition) is 2. The van der Waals surface area contributed by atoms with E-state index >= 15 is 0 Å². The Balaban J connectivity index is 2.90. The number of carbonyl (C=O) groups excluding carboxylic acids is 1. The minimum atomic E-state index is -0.0893. The van der Waals surface area contributed by atoms with Gasteiger partial charge in [-0.2, -0.15) is 0 Å². The lowest BCUT2D eigenvalue weighted by molar-refractivity contribution is 0.0741. The van der Waals surface area contributed by atoms with Gasteiger partial charge in [-0.3, -0.25) is 4.79 Å². The molecule has 0 saturated carbocycles. The molecule has 20 heavy (non-hydrogen) atoms. The van der Waals surface area contributed by atoms with Gasteiger partial charge >= 0.3 is 0 Å². The molecule has 1 rings (SSSR count). The molecule has 0 spiro atoms. The fourth-order valence-electron chi connectivity index (χ4n) is 1.77. The Morgan fingerprint density at radius 1 is 1.35 bits per heavy atom. The fourth-order valence-corrected chi connectivity index (χ4v) is 2.16. The summed E-state index contributed by atoms with van der Waals surface area (Å²) in [5.41, 5.74) is 6.03. The number of thiocarbonyl (C=S) groups is 1. The summed E-state index contributed by atoms with van der Waals surface area (Å²) in [6, 6.07) is 4.88. The molecule has 0 radical (unpaired) electrons. The summed E-state index contributed by atoms with van der Waals surface area (Å²) in [7, 11) is 0. The van der Waals surface area contributed by atoms with Crippen LogP contribution in [-0.2, 0) is 0 Å². The molecule has 2 N–H and O–H groups in total. The summed E-state index contributed by atoms with van der Waals surface area (Å²) >= 11 is 16.7.